The summed E-state index contributed by atoms with van der Waals surface area (Å²) in [6, 6.07) is 5.44. The smallest absolute Gasteiger partial charge is 0.138 e. The topological polar surface area (TPSA) is 46.2 Å². The summed E-state index contributed by atoms with van der Waals surface area (Å²) < 4.78 is 0. The standard InChI is InChI=1S/C11H17NO/c1-2-3-4-6-9-7-5-8-10(13)11(9)12/h5,7-8,13H,2-4,6,12H2,1H3. The summed E-state index contributed by atoms with van der Waals surface area (Å²) >= 11 is 0. The molecule has 0 aliphatic rings. The molecule has 0 heterocycles. The number of nitrogen functional groups attached to an aromatic ring is 1. The number of benzene rings is 1. The molecule has 0 bridgehead atoms. The molecule has 2 nitrogen and oxygen atoms in total. The van der Waals surface area contributed by atoms with Gasteiger partial charge in [0.15, 0.2) is 0 Å². The van der Waals surface area contributed by atoms with Crippen molar-refractivity contribution in [1.82, 2.24) is 0 Å². The second-order valence-electron chi connectivity index (χ2n) is 3.31. The van der Waals surface area contributed by atoms with E-state index in [-0.39, 0.29) is 5.75 Å². The molecule has 0 spiro atoms. The summed E-state index contributed by atoms with van der Waals surface area (Å²) in [4.78, 5) is 0. The highest BCUT2D eigenvalue weighted by atomic mass is 16.3. The summed E-state index contributed by atoms with van der Waals surface area (Å²) in [5.74, 6) is 0.203. The fourth-order valence-electron chi connectivity index (χ4n) is 1.38. The highest BCUT2D eigenvalue weighted by molar-refractivity contribution is 5.57. The molecule has 1 rings (SSSR count). The Labute approximate surface area is 79.4 Å². The Morgan fingerprint density at radius 1 is 1.31 bits per heavy atom. The van der Waals surface area contributed by atoms with Crippen LogP contribution < -0.4 is 5.73 Å². The van der Waals surface area contributed by atoms with Gasteiger partial charge in [0.2, 0.25) is 0 Å². The molecule has 0 saturated carbocycles. The normalized spacial score (nSPS) is 10.2. The molecule has 0 aliphatic heterocycles. The van der Waals surface area contributed by atoms with Crippen LogP contribution in [0.5, 0.6) is 5.75 Å². The molecule has 0 aliphatic carbocycles. The van der Waals surface area contributed by atoms with Crippen molar-refractivity contribution in [2.45, 2.75) is 32.6 Å². The monoisotopic (exact) mass is 179 g/mol. The quantitative estimate of drug-likeness (QED) is 0.424. The molecule has 0 unspecified atom stereocenters. The van der Waals surface area contributed by atoms with E-state index in [0.29, 0.717) is 5.69 Å². The number of hydrogen-bond donors (Lipinski definition) is 2. The lowest BCUT2D eigenvalue weighted by Crippen LogP contribution is -1.94. The van der Waals surface area contributed by atoms with Crippen LogP contribution in [-0.4, -0.2) is 5.11 Å². The van der Waals surface area contributed by atoms with Crippen molar-refractivity contribution >= 4 is 5.69 Å². The minimum absolute atomic E-state index is 0.203. The maximum absolute atomic E-state index is 9.33. The Kier molecular flexibility index (Phi) is 3.62. The average molecular weight is 179 g/mol. The number of anilines is 1. The molecule has 0 radical (unpaired) electrons. The zero-order valence-corrected chi connectivity index (χ0v) is 8.09. The Bertz CT molecular complexity index is 271. The highest BCUT2D eigenvalue weighted by Gasteiger charge is 2.02. The van der Waals surface area contributed by atoms with Crippen molar-refractivity contribution < 1.29 is 5.11 Å². The van der Waals surface area contributed by atoms with E-state index < -0.39 is 0 Å². The molecular formula is C11H17NO. The van der Waals surface area contributed by atoms with E-state index in [4.69, 9.17) is 5.73 Å². The second-order valence-corrected chi connectivity index (χ2v) is 3.31. The van der Waals surface area contributed by atoms with Gasteiger partial charge in [-0.3, -0.25) is 0 Å². The maximum atomic E-state index is 9.33. The number of phenolic OH excluding ortho intramolecular Hbond substituents is 1. The van der Waals surface area contributed by atoms with Gasteiger partial charge in [-0.05, 0) is 24.5 Å². The first kappa shape index (κ1) is 9.90. The summed E-state index contributed by atoms with van der Waals surface area (Å²) in [5, 5.41) is 9.33. The Morgan fingerprint density at radius 3 is 2.77 bits per heavy atom. The van der Waals surface area contributed by atoms with Crippen molar-refractivity contribution in [3.05, 3.63) is 23.8 Å². The van der Waals surface area contributed by atoms with Crippen LogP contribution in [0.25, 0.3) is 0 Å². The zero-order chi connectivity index (χ0) is 9.68. The number of phenols is 1. The fraction of sp³-hybridized carbons (Fsp3) is 0.455. The van der Waals surface area contributed by atoms with Crippen molar-refractivity contribution in [3.8, 4) is 5.75 Å². The van der Waals surface area contributed by atoms with Crippen LogP contribution in [0.4, 0.5) is 5.69 Å². The van der Waals surface area contributed by atoms with Crippen LogP contribution in [0.1, 0.15) is 31.7 Å². The lowest BCUT2D eigenvalue weighted by molar-refractivity contribution is 0.477. The van der Waals surface area contributed by atoms with Crippen LogP contribution in [0.3, 0.4) is 0 Å². The Balaban J connectivity index is 2.61. The average Bonchev–Trinajstić information content (AvgIpc) is 2.13. The van der Waals surface area contributed by atoms with Crippen molar-refractivity contribution in [3.63, 3.8) is 0 Å². The van der Waals surface area contributed by atoms with Crippen molar-refractivity contribution in [2.75, 3.05) is 5.73 Å². The molecule has 0 amide bonds. The van der Waals surface area contributed by atoms with E-state index in [1.807, 2.05) is 12.1 Å². The largest absolute Gasteiger partial charge is 0.506 e. The number of nitrogens with two attached hydrogens (primary N) is 1. The highest BCUT2D eigenvalue weighted by Crippen LogP contribution is 2.24. The zero-order valence-electron chi connectivity index (χ0n) is 8.09. The number of aromatic hydroxyl groups is 1. The van der Waals surface area contributed by atoms with Gasteiger partial charge in [0.25, 0.3) is 0 Å². The van der Waals surface area contributed by atoms with Gasteiger partial charge in [-0.25, -0.2) is 0 Å². The van der Waals surface area contributed by atoms with Gasteiger partial charge in [-0.15, -0.1) is 0 Å². The van der Waals surface area contributed by atoms with Crippen LogP contribution in [-0.2, 0) is 6.42 Å². The molecule has 0 atom stereocenters. The molecule has 72 valence electrons. The molecule has 0 aromatic heterocycles. The summed E-state index contributed by atoms with van der Waals surface area (Å²) in [6.45, 7) is 2.17. The molecule has 3 N–H and O–H groups in total. The molecule has 13 heavy (non-hydrogen) atoms. The minimum Gasteiger partial charge on any atom is -0.506 e. The summed E-state index contributed by atoms with van der Waals surface area (Å²) in [7, 11) is 0. The third-order valence-corrected chi connectivity index (χ3v) is 2.22. The third-order valence-electron chi connectivity index (χ3n) is 2.22. The van der Waals surface area contributed by atoms with E-state index in [1.54, 1.807) is 6.07 Å². The van der Waals surface area contributed by atoms with Crippen LogP contribution in [0.2, 0.25) is 0 Å². The summed E-state index contributed by atoms with van der Waals surface area (Å²) in [6.07, 6.45) is 4.53. The van der Waals surface area contributed by atoms with Gasteiger partial charge in [-0.1, -0.05) is 31.9 Å². The predicted octanol–water partition coefficient (Wildman–Crippen LogP) is 2.71. The van der Waals surface area contributed by atoms with Crippen molar-refractivity contribution in [1.29, 1.82) is 0 Å². The van der Waals surface area contributed by atoms with Crippen molar-refractivity contribution in [2.24, 2.45) is 0 Å². The van der Waals surface area contributed by atoms with E-state index in [0.717, 1.165) is 18.4 Å². The molecule has 1 aromatic carbocycles. The Morgan fingerprint density at radius 2 is 2.08 bits per heavy atom. The van der Waals surface area contributed by atoms with Gasteiger partial charge in [0.1, 0.15) is 5.75 Å². The van der Waals surface area contributed by atoms with Crippen LogP contribution in [0, 0.1) is 0 Å². The van der Waals surface area contributed by atoms with Gasteiger partial charge < -0.3 is 10.8 Å². The van der Waals surface area contributed by atoms with Crippen LogP contribution in [0.15, 0.2) is 18.2 Å². The first-order chi connectivity index (χ1) is 6.25. The molecule has 1 aromatic rings. The van der Waals surface area contributed by atoms with E-state index in [2.05, 4.69) is 6.92 Å². The third kappa shape index (κ3) is 2.65. The van der Waals surface area contributed by atoms with Gasteiger partial charge >= 0.3 is 0 Å². The van der Waals surface area contributed by atoms with E-state index in [9.17, 15) is 5.11 Å². The minimum atomic E-state index is 0.203. The lowest BCUT2D eigenvalue weighted by atomic mass is 10.1. The van der Waals surface area contributed by atoms with Gasteiger partial charge in [-0.2, -0.15) is 0 Å². The number of rotatable bonds is 4. The van der Waals surface area contributed by atoms with Crippen LogP contribution >= 0.6 is 0 Å². The van der Waals surface area contributed by atoms with Gasteiger partial charge in [0, 0.05) is 0 Å². The number of aryl methyl sites for hydroxylation is 1. The summed E-state index contributed by atoms with van der Waals surface area (Å²) in [5.41, 5.74) is 7.32. The number of unbranched alkanes of at least 4 members (excludes halogenated alkanes) is 2. The van der Waals surface area contributed by atoms with E-state index in [1.165, 1.54) is 12.8 Å². The predicted molar refractivity (Wildman–Crippen MR) is 55.7 cm³/mol. The molecule has 0 saturated heterocycles. The lowest BCUT2D eigenvalue weighted by Gasteiger charge is -2.06. The first-order valence-corrected chi connectivity index (χ1v) is 4.82. The Hall–Kier alpha value is -1.18. The molecular weight excluding hydrogens is 162 g/mol. The maximum Gasteiger partial charge on any atom is 0.138 e. The number of hydrogen-bond acceptors (Lipinski definition) is 2. The molecule has 0 fully saturated rings. The van der Waals surface area contributed by atoms with Gasteiger partial charge in [0.05, 0.1) is 5.69 Å². The fourth-order valence-corrected chi connectivity index (χ4v) is 1.38. The SMILES string of the molecule is CCCCCc1cccc(O)c1N. The first-order valence-electron chi connectivity index (χ1n) is 4.82. The van der Waals surface area contributed by atoms with E-state index >= 15 is 0 Å². The second kappa shape index (κ2) is 4.75. The number of para-hydroxylation sites is 1. The molecule has 2 heteroatoms.